The molecule has 0 bridgehead atoms. The van der Waals surface area contributed by atoms with Gasteiger partial charge in [-0.15, -0.1) is 0 Å². The van der Waals surface area contributed by atoms with Crippen molar-refractivity contribution in [3.05, 3.63) is 0 Å². The summed E-state index contributed by atoms with van der Waals surface area (Å²) in [5.74, 6) is -1.14. The molecule has 0 saturated carbocycles. The van der Waals surface area contributed by atoms with Crippen LogP contribution in [0.15, 0.2) is 0 Å². The van der Waals surface area contributed by atoms with Gasteiger partial charge in [-0.2, -0.15) is 0 Å². The molecule has 6 heteroatoms. The Balaban J connectivity index is 2.12. The van der Waals surface area contributed by atoms with Crippen LogP contribution in [0.5, 0.6) is 0 Å². The number of aliphatic hydroxyl groups is 1. The maximum Gasteiger partial charge on any atom is 0.303 e. The molecule has 0 unspecified atom stereocenters. The van der Waals surface area contributed by atoms with Gasteiger partial charge < -0.3 is 24.1 Å². The summed E-state index contributed by atoms with van der Waals surface area (Å²) in [6, 6.07) is 0. The van der Waals surface area contributed by atoms with Crippen molar-refractivity contribution in [3.8, 4) is 0 Å². The first-order valence-electron chi connectivity index (χ1n) is 5.68. The van der Waals surface area contributed by atoms with E-state index in [1.807, 2.05) is 0 Å². The fourth-order valence-electron chi connectivity index (χ4n) is 2.21. The van der Waals surface area contributed by atoms with E-state index in [1.165, 1.54) is 6.92 Å². The number of ether oxygens (including phenoxy) is 4. The maximum atomic E-state index is 11.1. The number of aliphatic hydroxyl groups excluding tert-OH is 1. The summed E-state index contributed by atoms with van der Waals surface area (Å²) >= 11 is 0. The van der Waals surface area contributed by atoms with Gasteiger partial charge in [-0.3, -0.25) is 4.79 Å². The molecule has 0 aromatic rings. The molecule has 0 aromatic carbocycles. The van der Waals surface area contributed by atoms with Gasteiger partial charge in [0.25, 0.3) is 0 Å². The van der Waals surface area contributed by atoms with Gasteiger partial charge in [-0.25, -0.2) is 0 Å². The Bertz CT molecular complexity index is 302. The highest BCUT2D eigenvalue weighted by molar-refractivity contribution is 5.66. The molecule has 2 saturated heterocycles. The number of carbonyl (C=O) groups excluding carboxylic acids is 1. The molecule has 2 rings (SSSR count). The minimum absolute atomic E-state index is 0.214. The predicted octanol–water partition coefficient (Wildman–Crippen LogP) is -0.171. The van der Waals surface area contributed by atoms with Crippen LogP contribution in [0.3, 0.4) is 0 Å². The van der Waals surface area contributed by atoms with Crippen LogP contribution < -0.4 is 0 Å². The smallest absolute Gasteiger partial charge is 0.303 e. The van der Waals surface area contributed by atoms with Crippen molar-refractivity contribution in [1.82, 2.24) is 0 Å². The number of esters is 1. The number of hydrogen-bond donors (Lipinski definition) is 1. The average molecular weight is 246 g/mol. The fraction of sp³-hybridized carbons (Fsp3) is 0.909. The maximum absolute atomic E-state index is 11.1. The van der Waals surface area contributed by atoms with Crippen LogP contribution in [-0.2, 0) is 23.7 Å². The zero-order chi connectivity index (χ0) is 12.6. The fourth-order valence-corrected chi connectivity index (χ4v) is 2.21. The molecule has 2 heterocycles. The molecular weight excluding hydrogens is 228 g/mol. The van der Waals surface area contributed by atoms with E-state index in [0.29, 0.717) is 6.61 Å². The molecule has 17 heavy (non-hydrogen) atoms. The molecule has 0 aromatic heterocycles. The Labute approximate surface area is 99.8 Å². The summed E-state index contributed by atoms with van der Waals surface area (Å²) in [5, 5.41) is 9.21. The SMILES string of the molecule is CC(=O)O[C@H]1[C@@H]2OC(C)(C)OC[C@@H]2O[C@@H]1CO. The van der Waals surface area contributed by atoms with Crippen LogP contribution in [0.25, 0.3) is 0 Å². The normalized spacial score (nSPS) is 39.8. The van der Waals surface area contributed by atoms with E-state index in [9.17, 15) is 9.90 Å². The first-order valence-corrected chi connectivity index (χ1v) is 5.68. The van der Waals surface area contributed by atoms with Gasteiger partial charge in [0.2, 0.25) is 0 Å². The number of fused-ring (bicyclic) bond motifs is 1. The molecule has 98 valence electrons. The lowest BCUT2D eigenvalue weighted by molar-refractivity contribution is -0.300. The van der Waals surface area contributed by atoms with Crippen LogP contribution >= 0.6 is 0 Å². The molecule has 2 aliphatic rings. The van der Waals surface area contributed by atoms with Crippen molar-refractivity contribution in [3.63, 3.8) is 0 Å². The summed E-state index contributed by atoms with van der Waals surface area (Å²) in [4.78, 5) is 11.1. The first kappa shape index (κ1) is 12.8. The van der Waals surface area contributed by atoms with Crippen LogP contribution in [0.1, 0.15) is 20.8 Å². The average Bonchev–Trinajstić information content (AvgIpc) is 2.54. The van der Waals surface area contributed by atoms with E-state index in [1.54, 1.807) is 13.8 Å². The van der Waals surface area contributed by atoms with Crippen LogP contribution in [0.4, 0.5) is 0 Å². The third-order valence-electron chi connectivity index (χ3n) is 2.90. The summed E-state index contributed by atoms with van der Waals surface area (Å²) in [5.41, 5.74) is 0. The van der Waals surface area contributed by atoms with E-state index in [2.05, 4.69) is 0 Å². The summed E-state index contributed by atoms with van der Waals surface area (Å²) in [7, 11) is 0. The Kier molecular flexibility index (Phi) is 3.40. The van der Waals surface area contributed by atoms with Gasteiger partial charge >= 0.3 is 5.97 Å². The first-order chi connectivity index (χ1) is 7.93. The number of hydrogen-bond acceptors (Lipinski definition) is 6. The van der Waals surface area contributed by atoms with Gasteiger partial charge in [0.15, 0.2) is 11.9 Å². The lowest BCUT2D eigenvalue weighted by atomic mass is 10.1. The highest BCUT2D eigenvalue weighted by Gasteiger charge is 2.52. The third-order valence-corrected chi connectivity index (χ3v) is 2.90. The van der Waals surface area contributed by atoms with Crippen molar-refractivity contribution < 1.29 is 28.8 Å². The molecule has 2 fully saturated rings. The minimum atomic E-state index is -0.729. The Morgan fingerprint density at radius 2 is 2.24 bits per heavy atom. The van der Waals surface area contributed by atoms with Gasteiger partial charge in [-0.1, -0.05) is 0 Å². The van der Waals surface area contributed by atoms with Crippen LogP contribution in [0, 0.1) is 0 Å². The largest absolute Gasteiger partial charge is 0.457 e. The number of carbonyl (C=O) groups is 1. The second-order valence-corrected chi connectivity index (χ2v) is 4.76. The summed E-state index contributed by atoms with van der Waals surface area (Å²) < 4.78 is 21.9. The van der Waals surface area contributed by atoms with E-state index in [-0.39, 0.29) is 18.8 Å². The van der Waals surface area contributed by atoms with Crippen LogP contribution in [0.2, 0.25) is 0 Å². The summed E-state index contributed by atoms with van der Waals surface area (Å²) in [6.07, 6.45) is -1.82. The molecular formula is C11H18O6. The van der Waals surface area contributed by atoms with Gasteiger partial charge in [0.05, 0.1) is 13.2 Å². The van der Waals surface area contributed by atoms with Gasteiger partial charge in [0.1, 0.15) is 18.3 Å². The minimum Gasteiger partial charge on any atom is -0.457 e. The Morgan fingerprint density at radius 3 is 2.82 bits per heavy atom. The molecule has 6 nitrogen and oxygen atoms in total. The highest BCUT2D eigenvalue weighted by Crippen LogP contribution is 2.34. The molecule has 0 amide bonds. The second-order valence-electron chi connectivity index (χ2n) is 4.76. The molecule has 0 aliphatic carbocycles. The zero-order valence-corrected chi connectivity index (χ0v) is 10.2. The number of rotatable bonds is 2. The topological polar surface area (TPSA) is 74.2 Å². The lowest BCUT2D eigenvalue weighted by Crippen LogP contribution is -2.51. The van der Waals surface area contributed by atoms with Crippen LogP contribution in [-0.4, -0.2) is 54.5 Å². The van der Waals surface area contributed by atoms with E-state index in [0.717, 1.165) is 0 Å². The molecule has 0 radical (unpaired) electrons. The second kappa shape index (κ2) is 4.53. The molecule has 4 atom stereocenters. The van der Waals surface area contributed by atoms with Crippen molar-refractivity contribution in [2.75, 3.05) is 13.2 Å². The van der Waals surface area contributed by atoms with E-state index in [4.69, 9.17) is 18.9 Å². The molecule has 1 N–H and O–H groups in total. The van der Waals surface area contributed by atoms with Crippen molar-refractivity contribution in [2.45, 2.75) is 51.0 Å². The molecule has 0 spiro atoms. The van der Waals surface area contributed by atoms with Crippen molar-refractivity contribution in [1.29, 1.82) is 0 Å². The quantitative estimate of drug-likeness (QED) is 0.682. The third kappa shape index (κ3) is 2.60. The highest BCUT2D eigenvalue weighted by atomic mass is 16.7. The van der Waals surface area contributed by atoms with Gasteiger partial charge in [-0.05, 0) is 13.8 Å². The standard InChI is InChI=1S/C11H18O6/c1-6(13)15-9-7(4-12)16-8-5-14-11(2,3)17-10(8)9/h7-10,12H,4-5H2,1-3H3/t7-,8+,9-,10-/m1/s1. The van der Waals surface area contributed by atoms with Crippen molar-refractivity contribution >= 4 is 5.97 Å². The summed E-state index contributed by atoms with van der Waals surface area (Å²) in [6.45, 7) is 5.06. The predicted molar refractivity (Wildman–Crippen MR) is 56.2 cm³/mol. The van der Waals surface area contributed by atoms with E-state index < -0.39 is 24.0 Å². The monoisotopic (exact) mass is 246 g/mol. The zero-order valence-electron chi connectivity index (χ0n) is 10.2. The lowest BCUT2D eigenvalue weighted by Gasteiger charge is -2.38. The Morgan fingerprint density at radius 1 is 1.53 bits per heavy atom. The van der Waals surface area contributed by atoms with Crippen molar-refractivity contribution in [2.24, 2.45) is 0 Å². The Hall–Kier alpha value is -0.690. The van der Waals surface area contributed by atoms with E-state index >= 15 is 0 Å². The van der Waals surface area contributed by atoms with Gasteiger partial charge in [0, 0.05) is 6.92 Å². The molecule has 2 aliphatic heterocycles.